The number of nitrogen functional groups attached to an aromatic ring is 1. The summed E-state index contributed by atoms with van der Waals surface area (Å²) >= 11 is 0. The first-order chi connectivity index (χ1) is 8.93. The highest BCUT2D eigenvalue weighted by Crippen LogP contribution is 2.33. The zero-order valence-corrected chi connectivity index (χ0v) is 10.1. The van der Waals surface area contributed by atoms with Crippen molar-refractivity contribution < 1.29 is 17.9 Å². The summed E-state index contributed by atoms with van der Waals surface area (Å²) < 4.78 is 42.5. The quantitative estimate of drug-likeness (QED) is 0.605. The van der Waals surface area contributed by atoms with E-state index in [0.717, 1.165) is 4.90 Å². The van der Waals surface area contributed by atoms with Gasteiger partial charge in [0.2, 0.25) is 11.9 Å². The second kappa shape index (κ2) is 5.03. The second-order valence-electron chi connectivity index (χ2n) is 4.06. The summed E-state index contributed by atoms with van der Waals surface area (Å²) in [6.07, 6.45) is -2.98. The van der Waals surface area contributed by atoms with Crippen molar-refractivity contribution in [1.29, 1.82) is 0 Å². The minimum Gasteiger partial charge on any atom is -0.467 e. The molecule has 7 nitrogen and oxygen atoms in total. The summed E-state index contributed by atoms with van der Waals surface area (Å²) in [4.78, 5) is 12.5. The van der Waals surface area contributed by atoms with E-state index in [1.54, 1.807) is 0 Å². The Labute approximate surface area is 107 Å². The largest absolute Gasteiger partial charge is 0.467 e. The third kappa shape index (κ3) is 3.56. The van der Waals surface area contributed by atoms with E-state index in [9.17, 15) is 13.2 Å². The number of anilines is 2. The molecule has 0 aliphatic heterocycles. The van der Waals surface area contributed by atoms with Crippen molar-refractivity contribution in [3.8, 4) is 6.01 Å². The minimum atomic E-state index is -4.33. The zero-order chi connectivity index (χ0) is 14.0. The number of hydrazine groups is 1. The molecular formula is C9H13F3N6O. The maximum Gasteiger partial charge on any atom is 0.406 e. The topological polar surface area (TPSA) is 89.2 Å². The fourth-order valence-corrected chi connectivity index (χ4v) is 1.57. The van der Waals surface area contributed by atoms with Crippen molar-refractivity contribution in [2.24, 2.45) is 5.84 Å². The van der Waals surface area contributed by atoms with E-state index < -0.39 is 12.7 Å². The van der Waals surface area contributed by atoms with Gasteiger partial charge in [0.15, 0.2) is 0 Å². The van der Waals surface area contributed by atoms with Gasteiger partial charge in [-0.1, -0.05) is 0 Å². The van der Waals surface area contributed by atoms with Crippen LogP contribution in [0.15, 0.2) is 0 Å². The summed E-state index contributed by atoms with van der Waals surface area (Å²) in [6.45, 7) is -1.12. The summed E-state index contributed by atoms with van der Waals surface area (Å²) in [5.74, 6) is 5.02. The van der Waals surface area contributed by atoms with E-state index in [4.69, 9.17) is 10.6 Å². The molecule has 1 saturated carbocycles. The molecule has 1 heterocycles. The molecular weight excluding hydrogens is 265 g/mol. The van der Waals surface area contributed by atoms with E-state index in [0.29, 0.717) is 12.8 Å². The highest BCUT2D eigenvalue weighted by atomic mass is 19.4. The number of nitrogens with two attached hydrogens (primary N) is 1. The van der Waals surface area contributed by atoms with E-state index >= 15 is 0 Å². The van der Waals surface area contributed by atoms with E-state index in [-0.39, 0.29) is 23.9 Å². The third-order valence-corrected chi connectivity index (χ3v) is 2.51. The molecule has 10 heteroatoms. The molecule has 0 radical (unpaired) electrons. The number of hydrogen-bond donors (Lipinski definition) is 2. The van der Waals surface area contributed by atoms with Crippen LogP contribution < -0.4 is 20.9 Å². The van der Waals surface area contributed by atoms with Crippen LogP contribution in [0.5, 0.6) is 6.01 Å². The molecule has 106 valence electrons. The van der Waals surface area contributed by atoms with Crippen LogP contribution in [0.4, 0.5) is 25.1 Å². The van der Waals surface area contributed by atoms with Crippen molar-refractivity contribution >= 4 is 11.9 Å². The van der Waals surface area contributed by atoms with Gasteiger partial charge in [-0.25, -0.2) is 5.84 Å². The number of alkyl halides is 3. The summed E-state index contributed by atoms with van der Waals surface area (Å²) in [7, 11) is 1.31. The van der Waals surface area contributed by atoms with Crippen molar-refractivity contribution in [1.82, 2.24) is 15.0 Å². The van der Waals surface area contributed by atoms with Gasteiger partial charge < -0.3 is 9.64 Å². The molecule has 0 unspecified atom stereocenters. The average molecular weight is 278 g/mol. The molecule has 0 amide bonds. The number of rotatable bonds is 5. The lowest BCUT2D eigenvalue weighted by Crippen LogP contribution is -2.37. The van der Waals surface area contributed by atoms with Gasteiger partial charge in [0.05, 0.1) is 7.11 Å². The Hall–Kier alpha value is -1.84. The van der Waals surface area contributed by atoms with Crippen LogP contribution >= 0.6 is 0 Å². The van der Waals surface area contributed by atoms with E-state index in [2.05, 4.69) is 20.4 Å². The zero-order valence-electron chi connectivity index (χ0n) is 10.1. The first-order valence-electron chi connectivity index (χ1n) is 5.53. The van der Waals surface area contributed by atoms with E-state index in [1.165, 1.54) is 7.11 Å². The van der Waals surface area contributed by atoms with Crippen LogP contribution in [-0.4, -0.2) is 40.8 Å². The lowest BCUT2D eigenvalue weighted by molar-refractivity contribution is -0.120. The maximum atomic E-state index is 12.6. The number of nitrogens with one attached hydrogen (secondary N) is 1. The fourth-order valence-electron chi connectivity index (χ4n) is 1.57. The smallest absolute Gasteiger partial charge is 0.406 e. The predicted molar refractivity (Wildman–Crippen MR) is 60.6 cm³/mol. The lowest BCUT2D eigenvalue weighted by Gasteiger charge is -2.23. The fraction of sp³-hybridized carbons (Fsp3) is 0.667. The molecule has 2 rings (SSSR count). The Kier molecular flexibility index (Phi) is 3.60. The number of aromatic nitrogens is 3. The van der Waals surface area contributed by atoms with Gasteiger partial charge in [-0.15, -0.1) is 0 Å². The van der Waals surface area contributed by atoms with E-state index in [1.807, 2.05) is 0 Å². The molecule has 19 heavy (non-hydrogen) atoms. The Bertz CT molecular complexity index is 428. The van der Waals surface area contributed by atoms with Crippen molar-refractivity contribution in [3.05, 3.63) is 0 Å². The highest BCUT2D eigenvalue weighted by Gasteiger charge is 2.39. The average Bonchev–Trinajstić information content (AvgIpc) is 3.18. The molecule has 0 spiro atoms. The summed E-state index contributed by atoms with van der Waals surface area (Å²) in [5, 5.41) is 0. The minimum absolute atomic E-state index is 0.0466. The van der Waals surface area contributed by atoms with Crippen LogP contribution in [-0.2, 0) is 0 Å². The molecule has 1 aromatic rings. The molecule has 1 aliphatic rings. The van der Waals surface area contributed by atoms with Crippen LogP contribution in [0.25, 0.3) is 0 Å². The monoisotopic (exact) mass is 278 g/mol. The van der Waals surface area contributed by atoms with Crippen LogP contribution in [0.3, 0.4) is 0 Å². The standard InChI is InChI=1S/C9H13F3N6O/c1-19-8-15-6(17-13)14-7(16-8)18(5-2-3-5)4-9(10,11)12/h5H,2-4,13H2,1H3,(H,14,15,16,17). The Balaban J connectivity index is 2.30. The molecule has 0 aromatic carbocycles. The van der Waals surface area contributed by atoms with Crippen molar-refractivity contribution in [3.63, 3.8) is 0 Å². The van der Waals surface area contributed by atoms with Crippen LogP contribution in [0, 0.1) is 0 Å². The normalized spacial score (nSPS) is 15.2. The van der Waals surface area contributed by atoms with Crippen LogP contribution in [0.2, 0.25) is 0 Å². The van der Waals surface area contributed by atoms with Gasteiger partial charge in [-0.05, 0) is 12.8 Å². The Morgan fingerprint density at radius 1 is 1.37 bits per heavy atom. The first kappa shape index (κ1) is 13.6. The van der Waals surface area contributed by atoms with Gasteiger partial charge in [0.25, 0.3) is 0 Å². The number of ether oxygens (including phenoxy) is 1. The summed E-state index contributed by atoms with van der Waals surface area (Å²) in [5.41, 5.74) is 2.17. The maximum absolute atomic E-state index is 12.6. The SMILES string of the molecule is COc1nc(NN)nc(N(CC(F)(F)F)C2CC2)n1. The molecule has 0 saturated heterocycles. The second-order valence-corrected chi connectivity index (χ2v) is 4.06. The Morgan fingerprint density at radius 2 is 2.05 bits per heavy atom. The van der Waals surface area contributed by atoms with Gasteiger partial charge in [0.1, 0.15) is 6.54 Å². The molecule has 3 N–H and O–H groups in total. The number of methoxy groups -OCH3 is 1. The molecule has 1 aliphatic carbocycles. The molecule has 0 atom stereocenters. The van der Waals surface area contributed by atoms with Gasteiger partial charge >= 0.3 is 12.2 Å². The highest BCUT2D eigenvalue weighted by molar-refractivity contribution is 5.40. The Morgan fingerprint density at radius 3 is 2.53 bits per heavy atom. The van der Waals surface area contributed by atoms with Gasteiger partial charge in [-0.2, -0.15) is 28.1 Å². The predicted octanol–water partition coefficient (Wildman–Crippen LogP) is 0.697. The number of hydrogen-bond acceptors (Lipinski definition) is 7. The molecule has 1 aromatic heterocycles. The van der Waals surface area contributed by atoms with Gasteiger partial charge in [-0.3, -0.25) is 5.43 Å². The van der Waals surface area contributed by atoms with Crippen LogP contribution in [0.1, 0.15) is 12.8 Å². The third-order valence-electron chi connectivity index (χ3n) is 2.51. The number of halogens is 3. The van der Waals surface area contributed by atoms with Crippen molar-refractivity contribution in [2.45, 2.75) is 25.1 Å². The number of nitrogens with zero attached hydrogens (tertiary/aromatic N) is 4. The van der Waals surface area contributed by atoms with Gasteiger partial charge in [0, 0.05) is 6.04 Å². The lowest BCUT2D eigenvalue weighted by atomic mass is 10.5. The first-order valence-corrected chi connectivity index (χ1v) is 5.53. The van der Waals surface area contributed by atoms with Crippen molar-refractivity contribution in [2.75, 3.05) is 24.0 Å². The molecule has 0 bridgehead atoms. The summed E-state index contributed by atoms with van der Waals surface area (Å²) in [6, 6.07) is -0.301. The molecule has 1 fully saturated rings.